The van der Waals surface area contributed by atoms with E-state index in [2.05, 4.69) is 36.4 Å². The molecule has 9 heteroatoms. The summed E-state index contributed by atoms with van der Waals surface area (Å²) in [5, 5.41) is 3.70. The van der Waals surface area contributed by atoms with Crippen molar-refractivity contribution in [3.05, 3.63) is 47.5 Å². The highest BCUT2D eigenvalue weighted by atomic mass is 35.5. The first-order chi connectivity index (χ1) is 13.5. The van der Waals surface area contributed by atoms with Gasteiger partial charge in [-0.2, -0.15) is 8.78 Å². The molecule has 2 atom stereocenters. The Balaban J connectivity index is 1.69. The van der Waals surface area contributed by atoms with Gasteiger partial charge in [0, 0.05) is 49.7 Å². The Labute approximate surface area is 168 Å². The van der Waals surface area contributed by atoms with Crippen LogP contribution in [0.1, 0.15) is 24.9 Å². The SMILES string of the molecule is CN=C(NCc1cc(Cl)ccc1OC(F)F)N1CCC(C)C(n2ccnc2)C1. The number of imidazole rings is 1. The molecule has 1 saturated heterocycles. The van der Waals surface area contributed by atoms with Gasteiger partial charge in [-0.25, -0.2) is 4.98 Å². The molecule has 28 heavy (non-hydrogen) atoms. The quantitative estimate of drug-likeness (QED) is 0.600. The van der Waals surface area contributed by atoms with Crippen molar-refractivity contribution < 1.29 is 13.5 Å². The first-order valence-corrected chi connectivity index (χ1v) is 9.52. The summed E-state index contributed by atoms with van der Waals surface area (Å²) in [6.07, 6.45) is 6.60. The van der Waals surface area contributed by atoms with Crippen LogP contribution < -0.4 is 10.1 Å². The van der Waals surface area contributed by atoms with Crippen molar-refractivity contribution in [2.24, 2.45) is 10.9 Å². The molecule has 0 amide bonds. The topological polar surface area (TPSA) is 54.7 Å². The van der Waals surface area contributed by atoms with Crippen molar-refractivity contribution in [1.29, 1.82) is 0 Å². The van der Waals surface area contributed by atoms with Gasteiger partial charge in [0.1, 0.15) is 5.75 Å². The largest absolute Gasteiger partial charge is 0.434 e. The van der Waals surface area contributed by atoms with E-state index in [1.54, 1.807) is 19.3 Å². The summed E-state index contributed by atoms with van der Waals surface area (Å²) in [5.41, 5.74) is 0.547. The molecule has 2 unspecified atom stereocenters. The minimum atomic E-state index is -2.89. The lowest BCUT2D eigenvalue weighted by Gasteiger charge is -2.39. The van der Waals surface area contributed by atoms with Gasteiger partial charge >= 0.3 is 6.61 Å². The molecule has 0 aliphatic carbocycles. The number of alkyl halides is 2. The second-order valence-corrected chi connectivity index (χ2v) is 7.26. The third-order valence-corrected chi connectivity index (χ3v) is 5.25. The van der Waals surface area contributed by atoms with E-state index in [9.17, 15) is 8.78 Å². The number of nitrogens with one attached hydrogen (secondary N) is 1. The maximum atomic E-state index is 12.7. The monoisotopic (exact) mass is 411 g/mol. The number of benzene rings is 1. The van der Waals surface area contributed by atoms with Crippen LogP contribution in [0.3, 0.4) is 0 Å². The Hall–Kier alpha value is -2.35. The Kier molecular flexibility index (Phi) is 6.72. The first kappa shape index (κ1) is 20.4. The van der Waals surface area contributed by atoms with E-state index in [0.717, 1.165) is 19.5 Å². The molecule has 0 bridgehead atoms. The van der Waals surface area contributed by atoms with E-state index in [0.29, 0.717) is 28.5 Å². The van der Waals surface area contributed by atoms with Crippen LogP contribution in [-0.4, -0.2) is 47.2 Å². The van der Waals surface area contributed by atoms with Gasteiger partial charge in [0.2, 0.25) is 0 Å². The standard InChI is InChI=1S/C19H24ClF2N5O/c1-13-5-7-26(11-16(13)27-8-6-24-12-27)19(23-2)25-10-14-9-15(20)3-4-17(14)28-18(21)22/h3-4,6,8-9,12-13,16,18H,5,7,10-11H2,1-2H3,(H,23,25). The van der Waals surface area contributed by atoms with Crippen LogP contribution in [0.4, 0.5) is 8.78 Å². The number of nitrogens with zero attached hydrogens (tertiary/aromatic N) is 4. The lowest BCUT2D eigenvalue weighted by Crippen LogP contribution is -2.48. The van der Waals surface area contributed by atoms with E-state index >= 15 is 0 Å². The Morgan fingerprint density at radius 1 is 1.46 bits per heavy atom. The fourth-order valence-electron chi connectivity index (χ4n) is 3.50. The Morgan fingerprint density at radius 2 is 2.29 bits per heavy atom. The van der Waals surface area contributed by atoms with Crippen LogP contribution in [0.25, 0.3) is 0 Å². The minimum absolute atomic E-state index is 0.103. The van der Waals surface area contributed by atoms with Crippen molar-refractivity contribution in [3.63, 3.8) is 0 Å². The predicted molar refractivity (Wildman–Crippen MR) is 105 cm³/mol. The molecule has 3 rings (SSSR count). The number of hydrogen-bond acceptors (Lipinski definition) is 3. The number of piperidine rings is 1. The van der Waals surface area contributed by atoms with Crippen molar-refractivity contribution in [2.75, 3.05) is 20.1 Å². The average Bonchev–Trinajstić information content (AvgIpc) is 3.19. The van der Waals surface area contributed by atoms with Crippen molar-refractivity contribution in [3.8, 4) is 5.75 Å². The molecule has 2 heterocycles. The fraction of sp³-hybridized carbons (Fsp3) is 0.474. The van der Waals surface area contributed by atoms with Crippen LogP contribution in [0, 0.1) is 5.92 Å². The molecule has 6 nitrogen and oxygen atoms in total. The molecule has 1 N–H and O–H groups in total. The van der Waals surface area contributed by atoms with Gasteiger partial charge in [-0.3, -0.25) is 4.99 Å². The van der Waals surface area contributed by atoms with E-state index in [-0.39, 0.29) is 12.3 Å². The molecule has 1 aromatic heterocycles. The lowest BCUT2D eigenvalue weighted by atomic mass is 9.93. The van der Waals surface area contributed by atoms with Crippen molar-refractivity contribution in [2.45, 2.75) is 32.5 Å². The van der Waals surface area contributed by atoms with Gasteiger partial charge in [-0.05, 0) is 30.5 Å². The molecule has 1 aromatic carbocycles. The summed E-state index contributed by atoms with van der Waals surface area (Å²) in [6, 6.07) is 4.89. The summed E-state index contributed by atoms with van der Waals surface area (Å²) in [7, 11) is 1.71. The van der Waals surface area contributed by atoms with Crippen LogP contribution >= 0.6 is 11.6 Å². The third-order valence-electron chi connectivity index (χ3n) is 5.01. The van der Waals surface area contributed by atoms with Gasteiger partial charge < -0.3 is 19.5 Å². The highest BCUT2D eigenvalue weighted by Gasteiger charge is 2.29. The van der Waals surface area contributed by atoms with E-state index in [1.807, 2.05) is 12.5 Å². The van der Waals surface area contributed by atoms with Crippen molar-refractivity contribution in [1.82, 2.24) is 19.8 Å². The van der Waals surface area contributed by atoms with E-state index in [4.69, 9.17) is 11.6 Å². The number of halogens is 3. The summed E-state index contributed by atoms with van der Waals surface area (Å²) in [4.78, 5) is 10.7. The number of rotatable bonds is 5. The Morgan fingerprint density at radius 3 is 2.96 bits per heavy atom. The Bertz CT molecular complexity index is 800. The number of likely N-dealkylation sites (tertiary alicyclic amines) is 1. The normalized spacial score (nSPS) is 20.5. The third kappa shape index (κ3) is 4.92. The zero-order chi connectivity index (χ0) is 20.1. The predicted octanol–water partition coefficient (Wildman–Crippen LogP) is 3.80. The molecule has 0 radical (unpaired) electrons. The average molecular weight is 412 g/mol. The van der Waals surface area contributed by atoms with Gasteiger partial charge in [0.15, 0.2) is 5.96 Å². The maximum Gasteiger partial charge on any atom is 0.387 e. The summed E-state index contributed by atoms with van der Waals surface area (Å²) in [5.74, 6) is 1.33. The highest BCUT2D eigenvalue weighted by Crippen LogP contribution is 2.28. The van der Waals surface area contributed by atoms with Gasteiger partial charge in [0.05, 0.1) is 12.4 Å². The molecular formula is C19H24ClF2N5O. The smallest absolute Gasteiger partial charge is 0.387 e. The fourth-order valence-corrected chi connectivity index (χ4v) is 3.69. The number of aliphatic imine (C=N–C) groups is 1. The number of hydrogen-bond donors (Lipinski definition) is 1. The van der Waals surface area contributed by atoms with E-state index < -0.39 is 6.61 Å². The van der Waals surface area contributed by atoms with E-state index in [1.165, 1.54) is 12.1 Å². The molecule has 0 saturated carbocycles. The molecule has 1 aliphatic heterocycles. The second kappa shape index (κ2) is 9.23. The lowest BCUT2D eigenvalue weighted by molar-refractivity contribution is -0.0504. The molecule has 152 valence electrons. The van der Waals surface area contributed by atoms with Gasteiger partial charge in [-0.1, -0.05) is 18.5 Å². The van der Waals surface area contributed by atoms with Crippen LogP contribution in [0.5, 0.6) is 5.75 Å². The zero-order valence-electron chi connectivity index (χ0n) is 15.9. The zero-order valence-corrected chi connectivity index (χ0v) is 16.6. The molecule has 2 aromatic rings. The second-order valence-electron chi connectivity index (χ2n) is 6.82. The number of guanidine groups is 1. The van der Waals surface area contributed by atoms with Crippen LogP contribution in [0.15, 0.2) is 41.9 Å². The maximum absolute atomic E-state index is 12.7. The molecule has 1 aliphatic rings. The minimum Gasteiger partial charge on any atom is -0.434 e. The molecule has 1 fully saturated rings. The number of ether oxygens (including phenoxy) is 1. The highest BCUT2D eigenvalue weighted by molar-refractivity contribution is 6.30. The van der Waals surface area contributed by atoms with Gasteiger partial charge in [0.25, 0.3) is 0 Å². The molecular weight excluding hydrogens is 388 g/mol. The van der Waals surface area contributed by atoms with Crippen molar-refractivity contribution >= 4 is 17.6 Å². The summed E-state index contributed by atoms with van der Waals surface area (Å²) < 4.78 is 32.0. The summed E-state index contributed by atoms with van der Waals surface area (Å²) >= 11 is 6.02. The van der Waals surface area contributed by atoms with Gasteiger partial charge in [-0.15, -0.1) is 0 Å². The molecule has 0 spiro atoms. The first-order valence-electron chi connectivity index (χ1n) is 9.14. The van der Waals surface area contributed by atoms with Crippen LogP contribution in [-0.2, 0) is 6.54 Å². The number of aromatic nitrogens is 2. The van der Waals surface area contributed by atoms with Crippen LogP contribution in [0.2, 0.25) is 5.02 Å². The summed E-state index contributed by atoms with van der Waals surface area (Å²) in [6.45, 7) is 1.27.